The van der Waals surface area contributed by atoms with E-state index in [-0.39, 0.29) is 0 Å². The van der Waals surface area contributed by atoms with Gasteiger partial charge in [-0.2, -0.15) is 0 Å². The summed E-state index contributed by atoms with van der Waals surface area (Å²) >= 11 is 0. The van der Waals surface area contributed by atoms with Gasteiger partial charge in [-0.1, -0.05) is 188 Å². The van der Waals surface area contributed by atoms with Gasteiger partial charge in [0.25, 0.3) is 0 Å². The molecule has 0 unspecified atom stereocenters. The van der Waals surface area contributed by atoms with Crippen LogP contribution in [0, 0.1) is 0 Å². The summed E-state index contributed by atoms with van der Waals surface area (Å²) in [6.45, 7) is 0. The molecular formula is C66H44N2O. The highest BCUT2D eigenvalue weighted by molar-refractivity contribution is 6.16. The highest BCUT2D eigenvalue weighted by Crippen LogP contribution is 2.42. The van der Waals surface area contributed by atoms with Gasteiger partial charge in [0.15, 0.2) is 0 Å². The molecule has 3 nitrogen and oxygen atoms in total. The zero-order valence-electron chi connectivity index (χ0n) is 37.7. The summed E-state index contributed by atoms with van der Waals surface area (Å²) in [7, 11) is 0. The minimum Gasteiger partial charge on any atom is -0.456 e. The van der Waals surface area contributed by atoms with E-state index in [1.165, 1.54) is 55.3 Å². The Kier molecular flexibility index (Phi) is 9.84. The Morgan fingerprint density at radius 1 is 0.275 bits per heavy atom. The highest BCUT2D eigenvalue weighted by atomic mass is 16.3. The Morgan fingerprint density at radius 3 is 1.42 bits per heavy atom. The fourth-order valence-corrected chi connectivity index (χ4v) is 10.3. The molecule has 2 heterocycles. The van der Waals surface area contributed by atoms with E-state index in [9.17, 15) is 0 Å². The molecule has 0 spiro atoms. The quantitative estimate of drug-likeness (QED) is 0.144. The molecule has 0 fully saturated rings. The van der Waals surface area contributed by atoms with Crippen molar-refractivity contribution in [1.82, 2.24) is 4.57 Å². The van der Waals surface area contributed by atoms with E-state index in [4.69, 9.17) is 4.42 Å². The molecule has 0 saturated carbocycles. The van der Waals surface area contributed by atoms with Crippen LogP contribution in [0.1, 0.15) is 0 Å². The number of hydrogen-bond donors (Lipinski definition) is 0. The average molecular weight is 881 g/mol. The number of fused-ring (bicyclic) bond motifs is 6. The average Bonchev–Trinajstić information content (AvgIpc) is 3.98. The van der Waals surface area contributed by atoms with Crippen LogP contribution in [-0.2, 0) is 0 Å². The van der Waals surface area contributed by atoms with Crippen LogP contribution in [0.15, 0.2) is 271 Å². The van der Waals surface area contributed by atoms with Gasteiger partial charge in [-0.25, -0.2) is 0 Å². The molecule has 11 aromatic carbocycles. The van der Waals surface area contributed by atoms with Gasteiger partial charge in [0.1, 0.15) is 11.2 Å². The first-order valence-corrected chi connectivity index (χ1v) is 23.6. The van der Waals surface area contributed by atoms with Gasteiger partial charge in [0.05, 0.1) is 11.0 Å². The molecule has 0 atom stereocenters. The van der Waals surface area contributed by atoms with Gasteiger partial charge >= 0.3 is 0 Å². The number of furan rings is 1. The van der Waals surface area contributed by atoms with E-state index < -0.39 is 0 Å². The summed E-state index contributed by atoms with van der Waals surface area (Å²) in [5.41, 5.74) is 20.3. The van der Waals surface area contributed by atoms with Crippen molar-refractivity contribution in [3.63, 3.8) is 0 Å². The second-order valence-corrected chi connectivity index (χ2v) is 17.7. The molecule has 0 aliphatic rings. The first kappa shape index (κ1) is 40.1. The predicted molar refractivity (Wildman–Crippen MR) is 290 cm³/mol. The van der Waals surface area contributed by atoms with Gasteiger partial charge < -0.3 is 13.9 Å². The standard InChI is InChI=1S/C66H44N2O/c1-3-14-45(15-4-1)47-28-30-48(31-29-47)50-34-38-55(39-35-50)67(54-36-32-49(33-37-54)46-16-5-2-6-17-46)56-21-12-19-52(43-56)51-18-11-20-53(42-51)58-24-13-26-63-66(58)61-23-7-9-25-62(61)68(63)57-40-41-60-59-22-8-10-27-64(59)69-65(60)44-57/h1-44H. The predicted octanol–water partition coefficient (Wildman–Crippen LogP) is 18.5. The minimum absolute atomic E-state index is 0.885. The van der Waals surface area contributed by atoms with E-state index in [0.29, 0.717) is 0 Å². The Morgan fingerprint density at radius 2 is 0.754 bits per heavy atom. The van der Waals surface area contributed by atoms with Gasteiger partial charge in [-0.15, -0.1) is 0 Å². The second-order valence-electron chi connectivity index (χ2n) is 17.7. The van der Waals surface area contributed by atoms with E-state index >= 15 is 0 Å². The smallest absolute Gasteiger partial charge is 0.137 e. The number of anilines is 3. The Bertz CT molecular complexity index is 3980. The molecule has 324 valence electrons. The van der Waals surface area contributed by atoms with Gasteiger partial charge in [-0.05, 0) is 128 Å². The summed E-state index contributed by atoms with van der Waals surface area (Å²) in [5, 5.41) is 4.70. The summed E-state index contributed by atoms with van der Waals surface area (Å²) in [6.07, 6.45) is 0. The van der Waals surface area contributed by atoms with Gasteiger partial charge in [-0.3, -0.25) is 0 Å². The SMILES string of the molecule is c1ccc(-c2ccc(-c3ccc(N(c4ccc(-c5ccccc5)cc4)c4cccc(-c5cccc(-c6cccc7c6c6ccccc6n7-c6ccc7c(c6)oc6ccccc67)c5)c4)cc3)cc2)cc1. The summed E-state index contributed by atoms with van der Waals surface area (Å²) in [6, 6.07) is 96.1. The van der Waals surface area contributed by atoms with Crippen LogP contribution in [0.25, 0.3) is 105 Å². The van der Waals surface area contributed by atoms with Crippen LogP contribution in [0.5, 0.6) is 0 Å². The zero-order valence-corrected chi connectivity index (χ0v) is 37.7. The van der Waals surface area contributed by atoms with Crippen molar-refractivity contribution in [3.8, 4) is 61.3 Å². The number of hydrogen-bond acceptors (Lipinski definition) is 2. The molecule has 0 amide bonds. The number of para-hydroxylation sites is 2. The molecule has 0 aliphatic carbocycles. The normalized spacial score (nSPS) is 11.5. The lowest BCUT2D eigenvalue weighted by Crippen LogP contribution is -2.10. The third-order valence-corrected chi connectivity index (χ3v) is 13.6. The van der Waals surface area contributed by atoms with Crippen LogP contribution in [0.2, 0.25) is 0 Å². The first-order chi connectivity index (χ1) is 34.2. The number of nitrogens with zero attached hydrogens (tertiary/aromatic N) is 2. The fourth-order valence-electron chi connectivity index (χ4n) is 10.3. The Labute approximate surface area is 401 Å². The maximum atomic E-state index is 6.38. The zero-order chi connectivity index (χ0) is 45.7. The van der Waals surface area contributed by atoms with Crippen LogP contribution in [0.4, 0.5) is 17.1 Å². The van der Waals surface area contributed by atoms with E-state index in [0.717, 1.165) is 66.8 Å². The molecule has 13 rings (SSSR count). The minimum atomic E-state index is 0.885. The summed E-state index contributed by atoms with van der Waals surface area (Å²) in [4.78, 5) is 2.36. The summed E-state index contributed by atoms with van der Waals surface area (Å²) < 4.78 is 8.76. The lowest BCUT2D eigenvalue weighted by Gasteiger charge is -2.26. The lowest BCUT2D eigenvalue weighted by molar-refractivity contribution is 0.668. The first-order valence-electron chi connectivity index (χ1n) is 23.6. The van der Waals surface area contributed by atoms with E-state index in [2.05, 4.69) is 264 Å². The van der Waals surface area contributed by atoms with E-state index in [1.54, 1.807) is 0 Å². The molecule has 3 heteroatoms. The maximum Gasteiger partial charge on any atom is 0.137 e. The summed E-state index contributed by atoms with van der Waals surface area (Å²) in [5.74, 6) is 0. The van der Waals surface area contributed by atoms with Crippen LogP contribution >= 0.6 is 0 Å². The van der Waals surface area contributed by atoms with Gasteiger partial charge in [0, 0.05) is 50.4 Å². The molecule has 0 aliphatic heterocycles. The highest BCUT2D eigenvalue weighted by Gasteiger charge is 2.19. The van der Waals surface area contributed by atoms with Crippen molar-refractivity contribution < 1.29 is 4.42 Å². The Hall–Kier alpha value is -9.18. The number of aromatic nitrogens is 1. The van der Waals surface area contributed by atoms with Crippen LogP contribution < -0.4 is 4.90 Å². The number of rotatable bonds is 9. The van der Waals surface area contributed by atoms with Crippen LogP contribution in [0.3, 0.4) is 0 Å². The van der Waals surface area contributed by atoms with Crippen molar-refractivity contribution >= 4 is 60.8 Å². The maximum absolute atomic E-state index is 6.38. The Balaban J connectivity index is 0.878. The molecule has 69 heavy (non-hydrogen) atoms. The molecule has 0 radical (unpaired) electrons. The molecule has 2 aromatic heterocycles. The van der Waals surface area contributed by atoms with Crippen molar-refractivity contribution in [2.75, 3.05) is 4.90 Å². The molecule has 0 bridgehead atoms. The van der Waals surface area contributed by atoms with Crippen molar-refractivity contribution in [2.24, 2.45) is 0 Å². The molecular weight excluding hydrogens is 837 g/mol. The van der Waals surface area contributed by atoms with E-state index in [1.807, 2.05) is 12.1 Å². The lowest BCUT2D eigenvalue weighted by atomic mass is 9.95. The molecule has 13 aromatic rings. The third kappa shape index (κ3) is 7.25. The molecule has 0 saturated heterocycles. The second kappa shape index (κ2) is 16.9. The molecule has 0 N–H and O–H groups in total. The van der Waals surface area contributed by atoms with Crippen LogP contribution in [-0.4, -0.2) is 4.57 Å². The number of benzene rings is 11. The van der Waals surface area contributed by atoms with Crippen molar-refractivity contribution in [3.05, 3.63) is 267 Å². The van der Waals surface area contributed by atoms with Crippen molar-refractivity contribution in [2.45, 2.75) is 0 Å². The van der Waals surface area contributed by atoms with Crippen molar-refractivity contribution in [1.29, 1.82) is 0 Å². The monoisotopic (exact) mass is 880 g/mol. The largest absolute Gasteiger partial charge is 0.456 e. The fraction of sp³-hybridized carbons (Fsp3) is 0. The third-order valence-electron chi connectivity index (χ3n) is 13.6. The van der Waals surface area contributed by atoms with Gasteiger partial charge in [0.2, 0.25) is 0 Å². The topological polar surface area (TPSA) is 21.3 Å².